The summed E-state index contributed by atoms with van der Waals surface area (Å²) in [4.78, 5) is 15.7. The summed E-state index contributed by atoms with van der Waals surface area (Å²) in [7, 11) is 0. The predicted molar refractivity (Wildman–Crippen MR) is 88.3 cm³/mol. The second-order valence-electron chi connectivity index (χ2n) is 5.58. The second kappa shape index (κ2) is 7.85. The lowest BCUT2D eigenvalue weighted by Gasteiger charge is -2.27. The summed E-state index contributed by atoms with van der Waals surface area (Å²) in [6.45, 7) is 5.06. The van der Waals surface area contributed by atoms with Gasteiger partial charge < -0.3 is 15.4 Å². The number of thioether (sulfide) groups is 1. The van der Waals surface area contributed by atoms with Crippen molar-refractivity contribution in [3.05, 3.63) is 29.8 Å². The summed E-state index contributed by atoms with van der Waals surface area (Å²) in [5.74, 6) is 1.05. The van der Waals surface area contributed by atoms with Crippen molar-refractivity contribution in [3.8, 4) is 0 Å². The molecular formula is C16H23N3O2S. The molecular weight excluding hydrogens is 298 g/mol. The first kappa shape index (κ1) is 15.6. The normalized spacial score (nSPS) is 21.9. The van der Waals surface area contributed by atoms with Gasteiger partial charge in [0.05, 0.1) is 19.3 Å². The van der Waals surface area contributed by atoms with Crippen molar-refractivity contribution in [3.63, 3.8) is 0 Å². The molecule has 0 unspecified atom stereocenters. The van der Waals surface area contributed by atoms with E-state index in [1.165, 1.54) is 10.5 Å². The van der Waals surface area contributed by atoms with E-state index in [-0.39, 0.29) is 12.1 Å². The molecule has 1 fully saturated rings. The Morgan fingerprint density at radius 2 is 2.14 bits per heavy atom. The number of nitrogens with one attached hydrogen (secondary N) is 2. The summed E-state index contributed by atoms with van der Waals surface area (Å²) in [5, 5.41) is 6.07. The van der Waals surface area contributed by atoms with Gasteiger partial charge >= 0.3 is 6.03 Å². The highest BCUT2D eigenvalue weighted by molar-refractivity contribution is 7.99. The van der Waals surface area contributed by atoms with Crippen molar-refractivity contribution in [2.75, 3.05) is 45.1 Å². The van der Waals surface area contributed by atoms with Gasteiger partial charge in [0.2, 0.25) is 0 Å². The van der Waals surface area contributed by atoms with Crippen LogP contribution in [0.5, 0.6) is 0 Å². The third-order valence-corrected chi connectivity index (χ3v) is 5.20. The van der Waals surface area contributed by atoms with Gasteiger partial charge in [-0.25, -0.2) is 4.79 Å². The van der Waals surface area contributed by atoms with Gasteiger partial charge in [0.25, 0.3) is 0 Å². The van der Waals surface area contributed by atoms with Gasteiger partial charge in [0.1, 0.15) is 0 Å². The van der Waals surface area contributed by atoms with Crippen LogP contribution in [0.15, 0.2) is 29.2 Å². The molecule has 1 atom stereocenters. The number of carbonyl (C=O) groups is 1. The van der Waals surface area contributed by atoms with Crippen molar-refractivity contribution in [2.45, 2.75) is 17.4 Å². The zero-order valence-electron chi connectivity index (χ0n) is 12.7. The molecule has 2 aliphatic rings. The number of hydrogen-bond donors (Lipinski definition) is 2. The van der Waals surface area contributed by atoms with Crippen LogP contribution >= 0.6 is 11.8 Å². The van der Waals surface area contributed by atoms with Gasteiger partial charge in [0.15, 0.2) is 0 Å². The highest BCUT2D eigenvalue weighted by Crippen LogP contribution is 2.35. The Labute approximate surface area is 135 Å². The number of amides is 2. The molecule has 1 aromatic carbocycles. The standard InChI is InChI=1S/C16H23N3O2S/c20-16(17-6-7-19-8-10-21-11-9-19)18-14-5-12-22-15-4-2-1-3-13(14)15/h1-4,14H,5-12H2,(H2,17,18,20)/t14-/m0/s1. The number of fused-ring (bicyclic) bond motifs is 1. The van der Waals surface area contributed by atoms with E-state index in [1.54, 1.807) is 0 Å². The number of rotatable bonds is 4. The van der Waals surface area contributed by atoms with Crippen LogP contribution < -0.4 is 10.6 Å². The van der Waals surface area contributed by atoms with Gasteiger partial charge in [-0.3, -0.25) is 4.90 Å². The van der Waals surface area contributed by atoms with E-state index in [0.29, 0.717) is 6.54 Å². The number of carbonyl (C=O) groups excluding carboxylic acids is 1. The summed E-state index contributed by atoms with van der Waals surface area (Å²) < 4.78 is 5.32. The summed E-state index contributed by atoms with van der Waals surface area (Å²) in [5.41, 5.74) is 1.24. The molecule has 2 aliphatic heterocycles. The van der Waals surface area contributed by atoms with Crippen molar-refractivity contribution >= 4 is 17.8 Å². The molecule has 0 bridgehead atoms. The second-order valence-corrected chi connectivity index (χ2v) is 6.72. The van der Waals surface area contributed by atoms with Crippen LogP contribution in [-0.4, -0.2) is 56.1 Å². The van der Waals surface area contributed by atoms with Crippen LogP contribution in [-0.2, 0) is 4.74 Å². The lowest BCUT2D eigenvalue weighted by atomic mass is 10.0. The molecule has 22 heavy (non-hydrogen) atoms. The first-order valence-electron chi connectivity index (χ1n) is 7.89. The van der Waals surface area contributed by atoms with E-state index < -0.39 is 0 Å². The maximum Gasteiger partial charge on any atom is 0.315 e. The van der Waals surface area contributed by atoms with Crippen molar-refractivity contribution in [1.82, 2.24) is 15.5 Å². The topological polar surface area (TPSA) is 53.6 Å². The molecule has 120 valence electrons. The van der Waals surface area contributed by atoms with Gasteiger partial charge in [-0.05, 0) is 18.1 Å². The zero-order valence-corrected chi connectivity index (χ0v) is 13.5. The summed E-state index contributed by atoms with van der Waals surface area (Å²) >= 11 is 1.87. The molecule has 2 amide bonds. The van der Waals surface area contributed by atoms with Crippen molar-refractivity contribution < 1.29 is 9.53 Å². The molecule has 2 heterocycles. The smallest absolute Gasteiger partial charge is 0.315 e. The highest BCUT2D eigenvalue weighted by atomic mass is 32.2. The average molecular weight is 321 g/mol. The maximum atomic E-state index is 12.1. The molecule has 0 radical (unpaired) electrons. The zero-order chi connectivity index (χ0) is 15.2. The molecule has 0 aliphatic carbocycles. The first-order chi connectivity index (χ1) is 10.8. The third kappa shape index (κ3) is 4.15. The number of urea groups is 1. The van der Waals surface area contributed by atoms with E-state index >= 15 is 0 Å². The van der Waals surface area contributed by atoms with Crippen LogP contribution in [0.25, 0.3) is 0 Å². The quantitative estimate of drug-likeness (QED) is 0.889. The van der Waals surface area contributed by atoms with Crippen LogP contribution in [0.4, 0.5) is 4.79 Å². The molecule has 1 aromatic rings. The largest absolute Gasteiger partial charge is 0.379 e. The Bertz CT molecular complexity index is 506. The number of morpholine rings is 1. The highest BCUT2D eigenvalue weighted by Gasteiger charge is 2.21. The average Bonchev–Trinajstić information content (AvgIpc) is 2.56. The number of hydrogen-bond acceptors (Lipinski definition) is 4. The molecule has 2 N–H and O–H groups in total. The fourth-order valence-corrected chi connectivity index (χ4v) is 3.98. The van der Waals surface area contributed by atoms with E-state index in [2.05, 4.69) is 33.7 Å². The fourth-order valence-electron chi connectivity index (χ4n) is 2.85. The maximum absolute atomic E-state index is 12.1. The molecule has 5 nitrogen and oxygen atoms in total. The van der Waals surface area contributed by atoms with Crippen LogP contribution in [0.2, 0.25) is 0 Å². The van der Waals surface area contributed by atoms with Gasteiger partial charge in [-0.2, -0.15) is 0 Å². The summed E-state index contributed by atoms with van der Waals surface area (Å²) in [6, 6.07) is 8.39. The molecule has 0 spiro atoms. The van der Waals surface area contributed by atoms with Crippen LogP contribution in [0.3, 0.4) is 0 Å². The van der Waals surface area contributed by atoms with Gasteiger partial charge in [0, 0.05) is 36.8 Å². The third-order valence-electron chi connectivity index (χ3n) is 4.08. The molecule has 6 heteroatoms. The number of nitrogens with zero attached hydrogens (tertiary/aromatic N) is 1. The SMILES string of the molecule is O=C(NCCN1CCOCC1)N[C@H]1CCSc2ccccc21. The Morgan fingerprint density at radius 1 is 1.32 bits per heavy atom. The number of ether oxygens (including phenoxy) is 1. The Morgan fingerprint density at radius 3 is 3.00 bits per heavy atom. The predicted octanol–water partition coefficient (Wildman–Crippen LogP) is 1.85. The lowest BCUT2D eigenvalue weighted by molar-refractivity contribution is 0.0387. The van der Waals surface area contributed by atoms with Crippen LogP contribution in [0, 0.1) is 0 Å². The van der Waals surface area contributed by atoms with E-state index in [4.69, 9.17) is 4.74 Å². The minimum absolute atomic E-state index is 0.0695. The summed E-state index contributed by atoms with van der Waals surface area (Å²) in [6.07, 6.45) is 0.985. The minimum atomic E-state index is -0.0695. The molecule has 0 saturated carbocycles. The van der Waals surface area contributed by atoms with E-state index in [9.17, 15) is 4.79 Å². The van der Waals surface area contributed by atoms with E-state index in [1.807, 2.05) is 17.8 Å². The first-order valence-corrected chi connectivity index (χ1v) is 8.88. The van der Waals surface area contributed by atoms with Crippen molar-refractivity contribution in [1.29, 1.82) is 0 Å². The van der Waals surface area contributed by atoms with E-state index in [0.717, 1.165) is 45.0 Å². The van der Waals surface area contributed by atoms with Crippen molar-refractivity contribution in [2.24, 2.45) is 0 Å². The lowest BCUT2D eigenvalue weighted by Crippen LogP contribution is -2.44. The minimum Gasteiger partial charge on any atom is -0.379 e. The molecule has 1 saturated heterocycles. The molecule has 0 aromatic heterocycles. The fraction of sp³-hybridized carbons (Fsp3) is 0.562. The Kier molecular flexibility index (Phi) is 5.58. The van der Waals surface area contributed by atoms with Gasteiger partial charge in [-0.1, -0.05) is 18.2 Å². The Balaban J connectivity index is 1.44. The Hall–Kier alpha value is -1.24. The molecule has 3 rings (SSSR count). The van der Waals surface area contributed by atoms with Gasteiger partial charge in [-0.15, -0.1) is 11.8 Å². The number of benzene rings is 1. The van der Waals surface area contributed by atoms with Crippen LogP contribution in [0.1, 0.15) is 18.0 Å². The monoisotopic (exact) mass is 321 g/mol.